The lowest BCUT2D eigenvalue weighted by Crippen LogP contribution is -1.99. The standard InChI is InChI=1S/C17H17NOS/c1-12-16(15-8-3-4-9-17(15)19-12)11-18-13-6-5-7-14(10-13)20-2/h3-10,18H,11H2,1-2H3. The van der Waals surface area contributed by atoms with Crippen molar-refractivity contribution in [3.8, 4) is 0 Å². The number of benzene rings is 2. The van der Waals surface area contributed by atoms with Gasteiger partial charge in [0.1, 0.15) is 11.3 Å². The van der Waals surface area contributed by atoms with Gasteiger partial charge in [-0.25, -0.2) is 0 Å². The first-order valence-corrected chi connectivity index (χ1v) is 7.85. The molecule has 2 nitrogen and oxygen atoms in total. The Balaban J connectivity index is 1.84. The molecule has 0 saturated carbocycles. The van der Waals surface area contributed by atoms with Crippen molar-refractivity contribution in [2.24, 2.45) is 0 Å². The monoisotopic (exact) mass is 283 g/mol. The van der Waals surface area contributed by atoms with Crippen LogP contribution in [0.2, 0.25) is 0 Å². The van der Waals surface area contributed by atoms with Crippen molar-refractivity contribution in [1.29, 1.82) is 0 Å². The molecule has 1 aromatic heterocycles. The number of rotatable bonds is 4. The highest BCUT2D eigenvalue weighted by Crippen LogP contribution is 2.26. The molecule has 0 spiro atoms. The van der Waals surface area contributed by atoms with Gasteiger partial charge < -0.3 is 9.73 Å². The fraction of sp³-hybridized carbons (Fsp3) is 0.176. The predicted molar refractivity (Wildman–Crippen MR) is 86.5 cm³/mol. The van der Waals surface area contributed by atoms with Crippen molar-refractivity contribution in [2.45, 2.75) is 18.4 Å². The van der Waals surface area contributed by atoms with E-state index in [1.165, 1.54) is 15.8 Å². The Kier molecular flexibility index (Phi) is 3.70. The van der Waals surface area contributed by atoms with Gasteiger partial charge in [-0.05, 0) is 37.4 Å². The van der Waals surface area contributed by atoms with Crippen LogP contribution in [-0.4, -0.2) is 6.26 Å². The van der Waals surface area contributed by atoms with Crippen molar-refractivity contribution in [3.63, 3.8) is 0 Å². The topological polar surface area (TPSA) is 25.2 Å². The minimum Gasteiger partial charge on any atom is -0.461 e. The molecule has 20 heavy (non-hydrogen) atoms. The summed E-state index contributed by atoms with van der Waals surface area (Å²) in [7, 11) is 0. The summed E-state index contributed by atoms with van der Waals surface area (Å²) in [6.07, 6.45) is 2.09. The van der Waals surface area contributed by atoms with Crippen LogP contribution < -0.4 is 5.32 Å². The molecule has 0 aliphatic rings. The maximum atomic E-state index is 5.79. The second-order valence-corrected chi connectivity index (χ2v) is 5.60. The molecule has 0 amide bonds. The van der Waals surface area contributed by atoms with E-state index < -0.39 is 0 Å². The molecule has 1 N–H and O–H groups in total. The molecular weight excluding hydrogens is 266 g/mol. The van der Waals surface area contributed by atoms with Gasteiger partial charge in [0.25, 0.3) is 0 Å². The highest BCUT2D eigenvalue weighted by atomic mass is 32.2. The highest BCUT2D eigenvalue weighted by Gasteiger charge is 2.09. The van der Waals surface area contributed by atoms with Crippen LogP contribution in [0.4, 0.5) is 5.69 Å². The number of aryl methyl sites for hydroxylation is 1. The summed E-state index contributed by atoms with van der Waals surface area (Å²) in [5, 5.41) is 4.67. The molecule has 3 rings (SSSR count). The summed E-state index contributed by atoms with van der Waals surface area (Å²) >= 11 is 1.75. The van der Waals surface area contributed by atoms with Gasteiger partial charge in [-0.2, -0.15) is 0 Å². The Morgan fingerprint density at radius 2 is 1.95 bits per heavy atom. The average molecular weight is 283 g/mol. The highest BCUT2D eigenvalue weighted by molar-refractivity contribution is 7.98. The van der Waals surface area contributed by atoms with Crippen molar-refractivity contribution < 1.29 is 4.42 Å². The second-order valence-electron chi connectivity index (χ2n) is 4.72. The van der Waals surface area contributed by atoms with Crippen LogP contribution in [0.1, 0.15) is 11.3 Å². The normalized spacial score (nSPS) is 10.9. The van der Waals surface area contributed by atoms with Gasteiger partial charge in [-0.3, -0.25) is 0 Å². The number of hydrogen-bond acceptors (Lipinski definition) is 3. The van der Waals surface area contributed by atoms with Crippen molar-refractivity contribution >= 4 is 28.4 Å². The van der Waals surface area contributed by atoms with Crippen LogP contribution in [0.3, 0.4) is 0 Å². The quantitative estimate of drug-likeness (QED) is 0.676. The molecule has 1 heterocycles. The van der Waals surface area contributed by atoms with E-state index in [9.17, 15) is 0 Å². The third kappa shape index (κ3) is 2.54. The first-order chi connectivity index (χ1) is 9.78. The van der Waals surface area contributed by atoms with Gasteiger partial charge in [0.15, 0.2) is 0 Å². The van der Waals surface area contributed by atoms with Gasteiger partial charge in [0.05, 0.1) is 0 Å². The van der Waals surface area contributed by atoms with E-state index in [0.717, 1.165) is 23.6 Å². The third-order valence-corrected chi connectivity index (χ3v) is 4.16. The Hall–Kier alpha value is -1.87. The average Bonchev–Trinajstić information content (AvgIpc) is 2.81. The largest absolute Gasteiger partial charge is 0.461 e. The van der Waals surface area contributed by atoms with E-state index in [0.29, 0.717) is 0 Å². The zero-order chi connectivity index (χ0) is 13.9. The molecule has 0 aliphatic carbocycles. The second kappa shape index (κ2) is 5.63. The van der Waals surface area contributed by atoms with E-state index in [1.54, 1.807) is 11.8 Å². The third-order valence-electron chi connectivity index (χ3n) is 3.44. The number of furan rings is 1. The van der Waals surface area contributed by atoms with Gasteiger partial charge in [-0.15, -0.1) is 11.8 Å². The molecule has 0 unspecified atom stereocenters. The molecule has 3 aromatic rings. The van der Waals surface area contributed by atoms with Gasteiger partial charge >= 0.3 is 0 Å². The summed E-state index contributed by atoms with van der Waals surface area (Å²) in [5.41, 5.74) is 3.33. The molecular formula is C17H17NOS. The maximum absolute atomic E-state index is 5.79. The predicted octanol–water partition coefficient (Wildman–Crippen LogP) is 5.08. The van der Waals surface area contributed by atoms with Crippen LogP contribution in [0.15, 0.2) is 57.8 Å². The van der Waals surface area contributed by atoms with Gasteiger partial charge in [0, 0.05) is 28.1 Å². The smallest absolute Gasteiger partial charge is 0.134 e. The molecule has 0 atom stereocenters. The minimum absolute atomic E-state index is 0.778. The van der Waals surface area contributed by atoms with E-state index in [4.69, 9.17) is 4.42 Å². The molecule has 2 aromatic carbocycles. The number of anilines is 1. The number of para-hydroxylation sites is 1. The Bertz CT molecular complexity index is 733. The minimum atomic E-state index is 0.778. The summed E-state index contributed by atoms with van der Waals surface area (Å²) < 4.78 is 5.79. The van der Waals surface area contributed by atoms with Crippen molar-refractivity contribution in [1.82, 2.24) is 0 Å². The lowest BCUT2D eigenvalue weighted by Gasteiger charge is -2.07. The first-order valence-electron chi connectivity index (χ1n) is 6.63. The SMILES string of the molecule is CSc1cccc(NCc2c(C)oc3ccccc23)c1. The van der Waals surface area contributed by atoms with Gasteiger partial charge in [0.2, 0.25) is 0 Å². The fourth-order valence-electron chi connectivity index (χ4n) is 2.36. The molecule has 0 fully saturated rings. The Morgan fingerprint density at radius 1 is 1.10 bits per heavy atom. The van der Waals surface area contributed by atoms with Crippen molar-refractivity contribution in [3.05, 3.63) is 59.9 Å². The summed E-state index contributed by atoms with van der Waals surface area (Å²) in [6, 6.07) is 16.6. The lowest BCUT2D eigenvalue weighted by atomic mass is 10.1. The van der Waals surface area contributed by atoms with E-state index in [1.807, 2.05) is 19.1 Å². The maximum Gasteiger partial charge on any atom is 0.134 e. The van der Waals surface area contributed by atoms with Crippen LogP contribution in [-0.2, 0) is 6.54 Å². The van der Waals surface area contributed by atoms with E-state index in [2.05, 4.69) is 48.0 Å². The van der Waals surface area contributed by atoms with Crippen molar-refractivity contribution in [2.75, 3.05) is 11.6 Å². The van der Waals surface area contributed by atoms with Crippen LogP contribution in [0, 0.1) is 6.92 Å². The molecule has 0 bridgehead atoms. The molecule has 3 heteroatoms. The molecule has 0 radical (unpaired) electrons. The number of fused-ring (bicyclic) bond motifs is 1. The fourth-order valence-corrected chi connectivity index (χ4v) is 2.82. The number of hydrogen-bond donors (Lipinski definition) is 1. The van der Waals surface area contributed by atoms with Crippen LogP contribution in [0.5, 0.6) is 0 Å². The van der Waals surface area contributed by atoms with Gasteiger partial charge in [-0.1, -0.05) is 24.3 Å². The summed E-state index contributed by atoms with van der Waals surface area (Å²) in [5.74, 6) is 0.986. The number of thioether (sulfide) groups is 1. The molecule has 0 aliphatic heterocycles. The zero-order valence-electron chi connectivity index (χ0n) is 11.6. The van der Waals surface area contributed by atoms with E-state index in [-0.39, 0.29) is 0 Å². The first kappa shape index (κ1) is 13.1. The Morgan fingerprint density at radius 3 is 2.80 bits per heavy atom. The Labute approximate surface area is 123 Å². The lowest BCUT2D eigenvalue weighted by molar-refractivity contribution is 0.573. The summed E-state index contributed by atoms with van der Waals surface area (Å²) in [4.78, 5) is 1.27. The summed E-state index contributed by atoms with van der Waals surface area (Å²) in [6.45, 7) is 2.80. The van der Waals surface area contributed by atoms with Crippen LogP contribution in [0.25, 0.3) is 11.0 Å². The molecule has 102 valence electrons. The molecule has 0 saturated heterocycles. The van der Waals surface area contributed by atoms with Crippen LogP contribution >= 0.6 is 11.8 Å². The zero-order valence-corrected chi connectivity index (χ0v) is 12.5. The number of nitrogens with one attached hydrogen (secondary N) is 1. The van der Waals surface area contributed by atoms with E-state index >= 15 is 0 Å².